The fourth-order valence-electron chi connectivity index (χ4n) is 4.89. The van der Waals surface area contributed by atoms with Gasteiger partial charge in [-0.15, -0.1) is 0 Å². The molecule has 4 nitrogen and oxygen atoms in total. The molecule has 0 aliphatic carbocycles. The molecule has 1 aliphatic rings. The van der Waals surface area contributed by atoms with Crippen LogP contribution in [0.4, 0.5) is 0 Å². The Bertz CT molecular complexity index is 1130. The lowest BCUT2D eigenvalue weighted by Crippen LogP contribution is -2.33. The average Bonchev–Trinajstić information content (AvgIpc) is 2.91. The molecule has 3 aromatic carbocycles. The zero-order valence-electron chi connectivity index (χ0n) is 21.1. The summed E-state index contributed by atoms with van der Waals surface area (Å²) in [6.45, 7) is 7.42. The van der Waals surface area contributed by atoms with E-state index in [0.29, 0.717) is 0 Å². The first kappa shape index (κ1) is 24.7. The Morgan fingerprint density at radius 3 is 2.43 bits per heavy atom. The molecule has 0 spiro atoms. The number of rotatable bonds is 8. The van der Waals surface area contributed by atoms with Crippen LogP contribution in [-0.4, -0.2) is 42.5 Å². The lowest BCUT2D eigenvalue weighted by atomic mass is 9.89. The highest BCUT2D eigenvalue weighted by Gasteiger charge is 2.27. The lowest BCUT2D eigenvalue weighted by Gasteiger charge is -2.37. The summed E-state index contributed by atoms with van der Waals surface area (Å²) in [4.78, 5) is 17.1. The summed E-state index contributed by atoms with van der Waals surface area (Å²) in [5, 5.41) is 0. The van der Waals surface area contributed by atoms with E-state index in [-0.39, 0.29) is 11.9 Å². The number of hydrogen-bond donors (Lipinski definition) is 0. The SMILES string of the molecule is CCN(CC)C(=O)c1ccc(C=C2CCN(Cc3ccccc3)C(c3cccc(OC)c3)C2)cc1. The number of carbonyl (C=O) groups excluding carboxylic acids is 1. The summed E-state index contributed by atoms with van der Waals surface area (Å²) in [5.41, 5.74) is 5.96. The van der Waals surface area contributed by atoms with Gasteiger partial charge in [-0.2, -0.15) is 0 Å². The molecular formula is C31H36N2O2. The standard InChI is InChI=1S/C31H36N2O2/c1-4-32(5-2)31(34)27-16-14-24(15-17-27)20-26-18-19-33(23-25-10-7-6-8-11-25)30(21-26)28-12-9-13-29(22-28)35-3/h6-17,20,22,30H,4-5,18-19,21,23H2,1-3H3. The van der Waals surface area contributed by atoms with Gasteiger partial charge in [-0.1, -0.05) is 66.2 Å². The normalized spacial score (nSPS) is 17.3. The van der Waals surface area contributed by atoms with Crippen molar-refractivity contribution in [2.45, 2.75) is 39.3 Å². The van der Waals surface area contributed by atoms with Crippen molar-refractivity contribution in [3.63, 3.8) is 0 Å². The fourth-order valence-corrected chi connectivity index (χ4v) is 4.89. The van der Waals surface area contributed by atoms with Gasteiger partial charge in [0.05, 0.1) is 7.11 Å². The van der Waals surface area contributed by atoms with Crippen LogP contribution >= 0.6 is 0 Å². The van der Waals surface area contributed by atoms with E-state index in [9.17, 15) is 4.79 Å². The van der Waals surface area contributed by atoms with Crippen molar-refractivity contribution in [2.75, 3.05) is 26.7 Å². The van der Waals surface area contributed by atoms with Crippen LogP contribution in [-0.2, 0) is 6.54 Å². The number of benzene rings is 3. The van der Waals surface area contributed by atoms with Gasteiger partial charge < -0.3 is 9.64 Å². The van der Waals surface area contributed by atoms with Crippen molar-refractivity contribution in [2.24, 2.45) is 0 Å². The maximum absolute atomic E-state index is 12.6. The molecule has 0 N–H and O–H groups in total. The molecule has 1 saturated heterocycles. The number of nitrogens with zero attached hydrogens (tertiary/aromatic N) is 2. The van der Waals surface area contributed by atoms with E-state index < -0.39 is 0 Å². The van der Waals surface area contributed by atoms with Gasteiger partial charge in [0.15, 0.2) is 0 Å². The second kappa shape index (κ2) is 11.9. The van der Waals surface area contributed by atoms with Gasteiger partial charge in [0.1, 0.15) is 5.75 Å². The number of carbonyl (C=O) groups is 1. The van der Waals surface area contributed by atoms with E-state index in [0.717, 1.165) is 55.9 Å². The minimum Gasteiger partial charge on any atom is -0.497 e. The Morgan fingerprint density at radius 2 is 1.74 bits per heavy atom. The number of likely N-dealkylation sites (tertiary alicyclic amines) is 1. The van der Waals surface area contributed by atoms with Crippen molar-refractivity contribution >= 4 is 12.0 Å². The largest absolute Gasteiger partial charge is 0.497 e. The van der Waals surface area contributed by atoms with E-state index in [4.69, 9.17) is 4.74 Å². The molecule has 35 heavy (non-hydrogen) atoms. The number of hydrogen-bond acceptors (Lipinski definition) is 3. The van der Waals surface area contributed by atoms with E-state index in [1.54, 1.807) is 7.11 Å². The summed E-state index contributed by atoms with van der Waals surface area (Å²) in [7, 11) is 1.72. The molecule has 4 rings (SSSR count). The van der Waals surface area contributed by atoms with Gasteiger partial charge in [0.2, 0.25) is 0 Å². The fraction of sp³-hybridized carbons (Fsp3) is 0.323. The predicted octanol–water partition coefficient (Wildman–Crippen LogP) is 6.60. The maximum atomic E-state index is 12.6. The Morgan fingerprint density at radius 1 is 1.00 bits per heavy atom. The first-order valence-electron chi connectivity index (χ1n) is 12.6. The van der Waals surface area contributed by atoms with Crippen LogP contribution in [0, 0.1) is 0 Å². The summed E-state index contributed by atoms with van der Waals surface area (Å²) in [6, 6.07) is 27.5. The van der Waals surface area contributed by atoms with Crippen LogP contribution in [0.1, 0.15) is 59.8 Å². The Balaban J connectivity index is 1.55. The molecule has 3 aromatic rings. The topological polar surface area (TPSA) is 32.8 Å². The molecule has 1 unspecified atom stereocenters. The maximum Gasteiger partial charge on any atom is 0.253 e. The molecule has 1 heterocycles. The lowest BCUT2D eigenvalue weighted by molar-refractivity contribution is 0.0773. The zero-order valence-corrected chi connectivity index (χ0v) is 21.1. The van der Waals surface area contributed by atoms with Gasteiger partial charge in [-0.3, -0.25) is 9.69 Å². The minimum absolute atomic E-state index is 0.0986. The summed E-state index contributed by atoms with van der Waals surface area (Å²) >= 11 is 0. The average molecular weight is 469 g/mol. The highest BCUT2D eigenvalue weighted by atomic mass is 16.5. The molecule has 0 aromatic heterocycles. The number of methoxy groups -OCH3 is 1. The summed E-state index contributed by atoms with van der Waals surface area (Å²) < 4.78 is 5.52. The van der Waals surface area contributed by atoms with Gasteiger partial charge in [-0.05, 0) is 67.6 Å². The molecule has 4 heteroatoms. The van der Waals surface area contributed by atoms with Crippen molar-refractivity contribution in [1.29, 1.82) is 0 Å². The van der Waals surface area contributed by atoms with E-state index >= 15 is 0 Å². The van der Waals surface area contributed by atoms with Gasteiger partial charge in [0, 0.05) is 37.8 Å². The molecule has 182 valence electrons. The predicted molar refractivity (Wildman–Crippen MR) is 143 cm³/mol. The van der Waals surface area contributed by atoms with Gasteiger partial charge in [0.25, 0.3) is 5.91 Å². The number of ether oxygens (including phenoxy) is 1. The molecule has 1 aliphatic heterocycles. The van der Waals surface area contributed by atoms with Crippen molar-refractivity contribution in [3.05, 3.63) is 107 Å². The summed E-state index contributed by atoms with van der Waals surface area (Å²) in [6.07, 6.45) is 4.31. The molecule has 1 amide bonds. The first-order chi connectivity index (χ1) is 17.1. The highest BCUT2D eigenvalue weighted by Crippen LogP contribution is 2.37. The molecular weight excluding hydrogens is 432 g/mol. The third-order valence-electron chi connectivity index (χ3n) is 6.90. The van der Waals surface area contributed by atoms with Crippen LogP contribution in [0.2, 0.25) is 0 Å². The molecule has 1 atom stereocenters. The smallest absolute Gasteiger partial charge is 0.253 e. The highest BCUT2D eigenvalue weighted by molar-refractivity contribution is 5.94. The van der Waals surface area contributed by atoms with Gasteiger partial charge >= 0.3 is 0 Å². The third kappa shape index (κ3) is 6.20. The van der Waals surface area contributed by atoms with Crippen LogP contribution in [0.3, 0.4) is 0 Å². The van der Waals surface area contributed by atoms with Crippen LogP contribution in [0.5, 0.6) is 5.75 Å². The molecule has 0 bridgehead atoms. The van der Waals surface area contributed by atoms with Crippen molar-refractivity contribution in [3.8, 4) is 5.75 Å². The molecule has 1 fully saturated rings. The zero-order chi connectivity index (χ0) is 24.6. The monoisotopic (exact) mass is 468 g/mol. The number of amides is 1. The molecule has 0 radical (unpaired) electrons. The second-order valence-corrected chi connectivity index (χ2v) is 9.10. The second-order valence-electron chi connectivity index (χ2n) is 9.10. The minimum atomic E-state index is 0.0986. The van der Waals surface area contributed by atoms with Crippen LogP contribution < -0.4 is 4.74 Å². The number of piperidine rings is 1. The molecule has 0 saturated carbocycles. The van der Waals surface area contributed by atoms with E-state index in [1.165, 1.54) is 16.7 Å². The van der Waals surface area contributed by atoms with Crippen molar-refractivity contribution in [1.82, 2.24) is 9.80 Å². The van der Waals surface area contributed by atoms with Crippen LogP contribution in [0.15, 0.2) is 84.4 Å². The first-order valence-corrected chi connectivity index (χ1v) is 12.6. The van der Waals surface area contributed by atoms with E-state index in [1.807, 2.05) is 36.9 Å². The quantitative estimate of drug-likeness (QED) is 0.373. The van der Waals surface area contributed by atoms with E-state index in [2.05, 4.69) is 71.6 Å². The van der Waals surface area contributed by atoms with Crippen LogP contribution in [0.25, 0.3) is 6.08 Å². The summed E-state index contributed by atoms with van der Waals surface area (Å²) in [5.74, 6) is 0.994. The Hall–Kier alpha value is -3.37. The van der Waals surface area contributed by atoms with Crippen molar-refractivity contribution < 1.29 is 9.53 Å². The van der Waals surface area contributed by atoms with Gasteiger partial charge in [-0.25, -0.2) is 0 Å². The Kier molecular flexibility index (Phi) is 8.38. The third-order valence-corrected chi connectivity index (χ3v) is 6.90. The Labute approximate surface area is 209 Å².